The lowest BCUT2D eigenvalue weighted by molar-refractivity contribution is 0.527. The second-order valence-corrected chi connectivity index (χ2v) is 8.08. The molecule has 1 heteroatoms. The smallest absolute Gasteiger partial charge is 0.0264 e. The highest BCUT2D eigenvalue weighted by molar-refractivity contribution is 7.17. The van der Waals surface area contributed by atoms with E-state index in [4.69, 9.17) is 0 Å². The normalized spacial score (nSPS) is 12.7. The maximum Gasteiger partial charge on any atom is -0.0264 e. The van der Waals surface area contributed by atoms with Crippen molar-refractivity contribution in [2.75, 3.05) is 0 Å². The standard InChI is InChI=1S/C21H44P/c1-3-5-7-8-9-10-11-12-13-14-15-16-17-18-20-21(22)19-6-4-2/h21H,2-20,22H2,1H3. The largest absolute Gasteiger partial charge is 0.134 e. The van der Waals surface area contributed by atoms with Gasteiger partial charge in [0.1, 0.15) is 0 Å². The van der Waals surface area contributed by atoms with Crippen LogP contribution in [0, 0.1) is 6.92 Å². The van der Waals surface area contributed by atoms with E-state index >= 15 is 0 Å². The van der Waals surface area contributed by atoms with Crippen LogP contribution in [0.25, 0.3) is 0 Å². The van der Waals surface area contributed by atoms with Gasteiger partial charge < -0.3 is 0 Å². The van der Waals surface area contributed by atoms with Gasteiger partial charge in [0.25, 0.3) is 0 Å². The van der Waals surface area contributed by atoms with Crippen LogP contribution >= 0.6 is 9.24 Å². The van der Waals surface area contributed by atoms with Crippen LogP contribution in [0.3, 0.4) is 0 Å². The summed E-state index contributed by atoms with van der Waals surface area (Å²) in [6.45, 7) is 6.22. The molecule has 0 bridgehead atoms. The maximum absolute atomic E-state index is 3.92. The zero-order valence-electron chi connectivity index (χ0n) is 15.6. The molecule has 0 N–H and O–H groups in total. The summed E-state index contributed by atoms with van der Waals surface area (Å²) >= 11 is 0. The van der Waals surface area contributed by atoms with E-state index in [1.807, 2.05) is 0 Å². The lowest BCUT2D eigenvalue weighted by atomic mass is 10.0. The minimum atomic E-state index is 0.846. The lowest BCUT2D eigenvalue weighted by Crippen LogP contribution is -1.97. The lowest BCUT2D eigenvalue weighted by Gasteiger charge is -2.09. The molecule has 0 aromatic carbocycles. The molecule has 0 amide bonds. The first-order valence-electron chi connectivity index (χ1n) is 10.4. The van der Waals surface area contributed by atoms with Gasteiger partial charge in [-0.25, -0.2) is 0 Å². The van der Waals surface area contributed by atoms with E-state index in [1.54, 1.807) is 0 Å². The van der Waals surface area contributed by atoms with Gasteiger partial charge in [-0.15, -0.1) is 9.24 Å². The Bertz CT molecular complexity index is 190. The van der Waals surface area contributed by atoms with E-state index in [-0.39, 0.29) is 0 Å². The van der Waals surface area contributed by atoms with Crippen LogP contribution in [0.2, 0.25) is 0 Å². The van der Waals surface area contributed by atoms with Gasteiger partial charge in [0.15, 0.2) is 0 Å². The summed E-state index contributed by atoms with van der Waals surface area (Å²) in [6.07, 6.45) is 25.6. The van der Waals surface area contributed by atoms with Gasteiger partial charge in [0, 0.05) is 0 Å². The van der Waals surface area contributed by atoms with Crippen molar-refractivity contribution in [3.05, 3.63) is 6.92 Å². The fourth-order valence-corrected chi connectivity index (χ4v) is 3.62. The zero-order chi connectivity index (χ0) is 16.3. The molecule has 0 aliphatic carbocycles. The van der Waals surface area contributed by atoms with Crippen LogP contribution in [0.4, 0.5) is 0 Å². The molecule has 0 saturated carbocycles. The Labute approximate surface area is 144 Å². The Morgan fingerprint density at radius 3 is 1.36 bits per heavy atom. The molecular formula is C21H44P. The first kappa shape index (κ1) is 22.4. The average molecular weight is 328 g/mol. The Hall–Kier alpha value is 0.430. The molecule has 0 fully saturated rings. The third-order valence-electron chi connectivity index (χ3n) is 4.75. The van der Waals surface area contributed by atoms with Gasteiger partial charge in [-0.2, -0.15) is 0 Å². The monoisotopic (exact) mass is 327 g/mol. The number of unbranched alkanes of at least 4 members (excludes halogenated alkanes) is 14. The van der Waals surface area contributed by atoms with Crippen molar-refractivity contribution < 1.29 is 0 Å². The van der Waals surface area contributed by atoms with Crippen LogP contribution < -0.4 is 0 Å². The summed E-state index contributed by atoms with van der Waals surface area (Å²) in [5.41, 5.74) is 0.846. The molecule has 0 aromatic rings. The topological polar surface area (TPSA) is 0 Å². The van der Waals surface area contributed by atoms with Crippen molar-refractivity contribution in [2.45, 2.75) is 128 Å². The molecule has 0 heterocycles. The van der Waals surface area contributed by atoms with E-state index in [0.717, 1.165) is 12.1 Å². The summed E-state index contributed by atoms with van der Waals surface area (Å²) in [4.78, 5) is 0. The second-order valence-electron chi connectivity index (χ2n) is 7.14. The maximum atomic E-state index is 3.92. The van der Waals surface area contributed by atoms with Crippen molar-refractivity contribution in [3.63, 3.8) is 0 Å². The predicted octanol–water partition coefficient (Wildman–Crippen LogP) is 8.11. The Balaban J connectivity index is 3.02. The van der Waals surface area contributed by atoms with Crippen LogP contribution in [-0.4, -0.2) is 5.66 Å². The minimum absolute atomic E-state index is 0.846. The molecular weight excluding hydrogens is 283 g/mol. The van der Waals surface area contributed by atoms with Gasteiger partial charge in [0.2, 0.25) is 0 Å². The molecule has 22 heavy (non-hydrogen) atoms. The third-order valence-corrected chi connectivity index (χ3v) is 5.42. The molecule has 0 aromatic heterocycles. The van der Waals surface area contributed by atoms with Crippen LogP contribution in [0.1, 0.15) is 122 Å². The molecule has 0 saturated heterocycles. The highest BCUT2D eigenvalue weighted by Gasteiger charge is 2.01. The number of hydrogen-bond acceptors (Lipinski definition) is 0. The molecule has 0 spiro atoms. The summed E-state index contributed by atoms with van der Waals surface area (Å²) in [5, 5.41) is 0. The van der Waals surface area contributed by atoms with Crippen molar-refractivity contribution >= 4 is 9.24 Å². The quantitative estimate of drug-likeness (QED) is 0.176. The van der Waals surface area contributed by atoms with Crippen molar-refractivity contribution in [1.82, 2.24) is 0 Å². The van der Waals surface area contributed by atoms with E-state index < -0.39 is 0 Å². The fourth-order valence-electron chi connectivity index (χ4n) is 3.15. The molecule has 133 valence electrons. The van der Waals surface area contributed by atoms with E-state index in [1.165, 1.54) is 109 Å². The Kier molecular flexibility index (Phi) is 19.9. The first-order chi connectivity index (χ1) is 10.8. The second kappa shape index (κ2) is 19.5. The molecule has 0 nitrogen and oxygen atoms in total. The summed E-state index contributed by atoms with van der Waals surface area (Å²) in [7, 11) is 3.03. The van der Waals surface area contributed by atoms with Crippen molar-refractivity contribution in [3.8, 4) is 0 Å². The highest BCUT2D eigenvalue weighted by Crippen LogP contribution is 2.18. The average Bonchev–Trinajstić information content (AvgIpc) is 2.53. The molecule has 2 unspecified atom stereocenters. The predicted molar refractivity (Wildman–Crippen MR) is 108 cm³/mol. The van der Waals surface area contributed by atoms with E-state index in [9.17, 15) is 0 Å². The SMILES string of the molecule is [CH2]CCCC(P)CCCCCCCCCCCCCCCC. The number of rotatable bonds is 18. The van der Waals surface area contributed by atoms with Crippen LogP contribution in [-0.2, 0) is 0 Å². The van der Waals surface area contributed by atoms with Crippen LogP contribution in [0.5, 0.6) is 0 Å². The fraction of sp³-hybridized carbons (Fsp3) is 0.952. The summed E-state index contributed by atoms with van der Waals surface area (Å²) < 4.78 is 0. The summed E-state index contributed by atoms with van der Waals surface area (Å²) in [6, 6.07) is 0. The zero-order valence-corrected chi connectivity index (χ0v) is 16.7. The van der Waals surface area contributed by atoms with Gasteiger partial charge >= 0.3 is 0 Å². The molecule has 0 aliphatic rings. The van der Waals surface area contributed by atoms with Crippen LogP contribution in [0.15, 0.2) is 0 Å². The van der Waals surface area contributed by atoms with Gasteiger partial charge in [-0.1, -0.05) is 117 Å². The highest BCUT2D eigenvalue weighted by atomic mass is 31.0. The van der Waals surface area contributed by atoms with Crippen molar-refractivity contribution in [2.24, 2.45) is 0 Å². The van der Waals surface area contributed by atoms with Gasteiger partial charge in [-0.05, 0) is 18.5 Å². The molecule has 1 radical (unpaired) electrons. The Morgan fingerprint density at radius 1 is 0.591 bits per heavy atom. The first-order valence-corrected chi connectivity index (χ1v) is 11.0. The number of hydrogen-bond donors (Lipinski definition) is 0. The molecule has 2 atom stereocenters. The molecule has 0 aliphatic heterocycles. The summed E-state index contributed by atoms with van der Waals surface area (Å²) in [5.74, 6) is 0. The van der Waals surface area contributed by atoms with E-state index in [2.05, 4.69) is 23.1 Å². The van der Waals surface area contributed by atoms with E-state index in [0.29, 0.717) is 0 Å². The van der Waals surface area contributed by atoms with Gasteiger partial charge in [-0.3, -0.25) is 0 Å². The van der Waals surface area contributed by atoms with Gasteiger partial charge in [0.05, 0.1) is 0 Å². The van der Waals surface area contributed by atoms with Crippen molar-refractivity contribution in [1.29, 1.82) is 0 Å². The minimum Gasteiger partial charge on any atom is -0.134 e. The Morgan fingerprint density at radius 2 is 0.955 bits per heavy atom. The third kappa shape index (κ3) is 18.5. The molecule has 0 rings (SSSR count).